The molecule has 2 N–H and O–H groups in total. The molecule has 19 heavy (non-hydrogen) atoms. The summed E-state index contributed by atoms with van der Waals surface area (Å²) in [6.45, 7) is 4.51. The molecule has 0 atom stereocenters. The van der Waals surface area contributed by atoms with Crippen molar-refractivity contribution in [3.63, 3.8) is 0 Å². The summed E-state index contributed by atoms with van der Waals surface area (Å²) < 4.78 is 5.71. The first-order valence-electron chi connectivity index (χ1n) is 6.62. The highest BCUT2D eigenvalue weighted by atomic mass is 16.5. The standard InChI is InChI=1S/C16H18N2O/c1-2-19-16-6-4-3-5-15(16)18-10-12-7-8-14(17)9-13(12)11-18/h3-9H,2,10-11,17H2,1H3. The van der Waals surface area contributed by atoms with Crippen LogP contribution in [-0.4, -0.2) is 6.61 Å². The fourth-order valence-electron chi connectivity index (χ4n) is 2.58. The highest BCUT2D eigenvalue weighted by Crippen LogP contribution is 2.35. The highest BCUT2D eigenvalue weighted by molar-refractivity contribution is 5.62. The van der Waals surface area contributed by atoms with E-state index < -0.39 is 0 Å². The van der Waals surface area contributed by atoms with Crippen molar-refractivity contribution < 1.29 is 4.74 Å². The van der Waals surface area contributed by atoms with Crippen LogP contribution >= 0.6 is 0 Å². The van der Waals surface area contributed by atoms with E-state index in [9.17, 15) is 0 Å². The fraction of sp³-hybridized carbons (Fsp3) is 0.250. The molecular formula is C16H18N2O. The van der Waals surface area contributed by atoms with Gasteiger partial charge in [0.05, 0.1) is 12.3 Å². The van der Waals surface area contributed by atoms with Gasteiger partial charge in [-0.3, -0.25) is 0 Å². The molecule has 0 aromatic heterocycles. The summed E-state index contributed by atoms with van der Waals surface area (Å²) in [5.74, 6) is 0.950. The number of nitrogens with zero attached hydrogens (tertiary/aromatic N) is 1. The Morgan fingerprint density at radius 2 is 1.89 bits per heavy atom. The summed E-state index contributed by atoms with van der Waals surface area (Å²) in [6, 6.07) is 14.4. The van der Waals surface area contributed by atoms with Crippen molar-refractivity contribution in [3.8, 4) is 5.75 Å². The Morgan fingerprint density at radius 1 is 1.11 bits per heavy atom. The van der Waals surface area contributed by atoms with E-state index in [4.69, 9.17) is 10.5 Å². The molecule has 0 amide bonds. The first kappa shape index (κ1) is 11.9. The lowest BCUT2D eigenvalue weighted by Crippen LogP contribution is -2.15. The average Bonchev–Trinajstić information content (AvgIpc) is 2.82. The maximum atomic E-state index is 5.85. The van der Waals surface area contributed by atoms with E-state index >= 15 is 0 Å². The molecule has 0 spiro atoms. The van der Waals surface area contributed by atoms with E-state index in [0.29, 0.717) is 6.61 Å². The van der Waals surface area contributed by atoms with Crippen molar-refractivity contribution in [2.45, 2.75) is 20.0 Å². The minimum Gasteiger partial charge on any atom is -0.492 e. The van der Waals surface area contributed by atoms with Crippen LogP contribution in [0.4, 0.5) is 11.4 Å². The number of nitrogens with two attached hydrogens (primary N) is 1. The monoisotopic (exact) mass is 254 g/mol. The van der Waals surface area contributed by atoms with Gasteiger partial charge in [-0.05, 0) is 42.3 Å². The molecule has 0 aliphatic carbocycles. The zero-order chi connectivity index (χ0) is 13.2. The van der Waals surface area contributed by atoms with E-state index in [1.807, 2.05) is 25.1 Å². The van der Waals surface area contributed by atoms with Gasteiger partial charge in [-0.1, -0.05) is 18.2 Å². The Labute approximate surface area is 113 Å². The second-order valence-electron chi connectivity index (χ2n) is 4.78. The number of nitrogen functional groups attached to an aromatic ring is 1. The van der Waals surface area contributed by atoms with Gasteiger partial charge in [-0.2, -0.15) is 0 Å². The van der Waals surface area contributed by atoms with Crippen LogP contribution in [0.15, 0.2) is 42.5 Å². The molecule has 0 bridgehead atoms. The third-order valence-corrected chi connectivity index (χ3v) is 3.46. The van der Waals surface area contributed by atoms with Gasteiger partial charge in [0.25, 0.3) is 0 Å². The number of fused-ring (bicyclic) bond motifs is 1. The zero-order valence-electron chi connectivity index (χ0n) is 11.1. The topological polar surface area (TPSA) is 38.5 Å². The van der Waals surface area contributed by atoms with E-state index in [-0.39, 0.29) is 0 Å². The molecule has 0 fully saturated rings. The van der Waals surface area contributed by atoms with Gasteiger partial charge >= 0.3 is 0 Å². The molecule has 1 aliphatic heterocycles. The number of benzene rings is 2. The van der Waals surface area contributed by atoms with Crippen LogP contribution in [0, 0.1) is 0 Å². The molecule has 0 unspecified atom stereocenters. The van der Waals surface area contributed by atoms with Crippen LogP contribution in [-0.2, 0) is 13.1 Å². The van der Waals surface area contributed by atoms with E-state index in [1.165, 1.54) is 11.1 Å². The molecule has 1 aliphatic rings. The second-order valence-corrected chi connectivity index (χ2v) is 4.78. The van der Waals surface area contributed by atoms with Crippen LogP contribution in [0.25, 0.3) is 0 Å². The number of hydrogen-bond donors (Lipinski definition) is 1. The number of hydrogen-bond acceptors (Lipinski definition) is 3. The van der Waals surface area contributed by atoms with Crippen LogP contribution in [0.2, 0.25) is 0 Å². The number of rotatable bonds is 3. The predicted molar refractivity (Wildman–Crippen MR) is 78.4 cm³/mol. The van der Waals surface area contributed by atoms with E-state index in [2.05, 4.69) is 29.2 Å². The minimum atomic E-state index is 0.685. The predicted octanol–water partition coefficient (Wildman–Crippen LogP) is 3.19. The summed E-state index contributed by atoms with van der Waals surface area (Å²) in [5.41, 5.74) is 10.5. The zero-order valence-corrected chi connectivity index (χ0v) is 11.1. The van der Waals surface area contributed by atoms with Crippen molar-refractivity contribution in [3.05, 3.63) is 53.6 Å². The van der Waals surface area contributed by atoms with Gasteiger partial charge in [0.1, 0.15) is 5.75 Å². The molecule has 0 saturated heterocycles. The smallest absolute Gasteiger partial charge is 0.142 e. The normalized spacial score (nSPS) is 13.4. The number of anilines is 2. The van der Waals surface area contributed by atoms with Crippen LogP contribution in [0.3, 0.4) is 0 Å². The first-order chi connectivity index (χ1) is 9.28. The Bertz CT molecular complexity index is 595. The van der Waals surface area contributed by atoms with Crippen LogP contribution in [0.5, 0.6) is 5.75 Å². The second kappa shape index (κ2) is 4.84. The SMILES string of the molecule is CCOc1ccccc1N1Cc2ccc(N)cc2C1. The Balaban J connectivity index is 1.90. The third-order valence-electron chi connectivity index (χ3n) is 3.46. The molecule has 0 radical (unpaired) electrons. The molecule has 2 aromatic rings. The van der Waals surface area contributed by atoms with Crippen molar-refractivity contribution in [1.29, 1.82) is 0 Å². The van der Waals surface area contributed by atoms with Gasteiger partial charge in [-0.15, -0.1) is 0 Å². The fourth-order valence-corrected chi connectivity index (χ4v) is 2.58. The van der Waals surface area contributed by atoms with E-state index in [0.717, 1.165) is 30.2 Å². The number of ether oxygens (including phenoxy) is 1. The lowest BCUT2D eigenvalue weighted by molar-refractivity contribution is 0.340. The van der Waals surface area contributed by atoms with Crippen LogP contribution in [0.1, 0.15) is 18.1 Å². The molecule has 0 saturated carbocycles. The molecular weight excluding hydrogens is 236 g/mol. The quantitative estimate of drug-likeness (QED) is 0.855. The van der Waals surface area contributed by atoms with Crippen molar-refractivity contribution >= 4 is 11.4 Å². The number of para-hydroxylation sites is 2. The summed E-state index contributed by atoms with van der Waals surface area (Å²) in [5, 5.41) is 0. The lowest BCUT2D eigenvalue weighted by Gasteiger charge is -2.21. The average molecular weight is 254 g/mol. The van der Waals surface area contributed by atoms with Gasteiger partial charge < -0.3 is 15.4 Å². The van der Waals surface area contributed by atoms with Crippen molar-refractivity contribution in [2.75, 3.05) is 17.2 Å². The van der Waals surface area contributed by atoms with Crippen molar-refractivity contribution in [1.82, 2.24) is 0 Å². The Morgan fingerprint density at radius 3 is 2.74 bits per heavy atom. The van der Waals surface area contributed by atoms with Gasteiger partial charge in [-0.25, -0.2) is 0 Å². The lowest BCUT2D eigenvalue weighted by atomic mass is 10.1. The molecule has 98 valence electrons. The Hall–Kier alpha value is -2.16. The van der Waals surface area contributed by atoms with Crippen LogP contribution < -0.4 is 15.4 Å². The first-order valence-corrected chi connectivity index (χ1v) is 6.62. The van der Waals surface area contributed by atoms with Crippen molar-refractivity contribution in [2.24, 2.45) is 0 Å². The van der Waals surface area contributed by atoms with Gasteiger partial charge in [0.15, 0.2) is 0 Å². The summed E-state index contributed by atoms with van der Waals surface area (Å²) >= 11 is 0. The maximum Gasteiger partial charge on any atom is 0.142 e. The molecule has 3 rings (SSSR count). The summed E-state index contributed by atoms with van der Waals surface area (Å²) in [4.78, 5) is 2.33. The highest BCUT2D eigenvalue weighted by Gasteiger charge is 2.21. The summed E-state index contributed by atoms with van der Waals surface area (Å²) in [6.07, 6.45) is 0. The molecule has 3 nitrogen and oxygen atoms in total. The molecule has 1 heterocycles. The third kappa shape index (κ3) is 2.24. The van der Waals surface area contributed by atoms with E-state index in [1.54, 1.807) is 0 Å². The van der Waals surface area contributed by atoms with Gasteiger partial charge in [0, 0.05) is 18.8 Å². The minimum absolute atomic E-state index is 0.685. The van der Waals surface area contributed by atoms with Gasteiger partial charge in [0.2, 0.25) is 0 Å². The Kier molecular flexibility index (Phi) is 3.03. The largest absolute Gasteiger partial charge is 0.492 e. The maximum absolute atomic E-state index is 5.85. The molecule has 3 heteroatoms. The molecule has 2 aromatic carbocycles. The summed E-state index contributed by atoms with van der Waals surface area (Å²) in [7, 11) is 0.